The van der Waals surface area contributed by atoms with Crippen LogP contribution in [-0.2, 0) is 4.74 Å². The van der Waals surface area contributed by atoms with Gasteiger partial charge in [-0.05, 0) is 37.1 Å². The van der Waals surface area contributed by atoms with Crippen LogP contribution in [0.4, 0.5) is 0 Å². The van der Waals surface area contributed by atoms with Crippen LogP contribution in [0.25, 0.3) is 31.7 Å². The third-order valence-electron chi connectivity index (χ3n) is 4.27. The monoisotopic (exact) mass is 336 g/mol. The number of hydrogen-bond donors (Lipinski definition) is 1. The molecular formula is C19H16N2O2S. The molecule has 0 aliphatic rings. The van der Waals surface area contributed by atoms with Gasteiger partial charge in [0.05, 0.1) is 22.9 Å². The van der Waals surface area contributed by atoms with Gasteiger partial charge < -0.3 is 9.72 Å². The van der Waals surface area contributed by atoms with Crippen molar-refractivity contribution in [3.8, 4) is 10.6 Å². The fourth-order valence-corrected chi connectivity index (χ4v) is 4.08. The molecule has 4 nitrogen and oxygen atoms in total. The number of rotatable bonds is 2. The van der Waals surface area contributed by atoms with Crippen LogP contribution in [0.15, 0.2) is 36.4 Å². The van der Waals surface area contributed by atoms with Crippen molar-refractivity contribution in [3.63, 3.8) is 0 Å². The van der Waals surface area contributed by atoms with Crippen LogP contribution >= 0.6 is 11.3 Å². The van der Waals surface area contributed by atoms with E-state index in [0.717, 1.165) is 42.8 Å². The van der Waals surface area contributed by atoms with Gasteiger partial charge in [-0.15, -0.1) is 11.3 Å². The third kappa shape index (κ3) is 2.12. The number of carbonyl (C=O) groups is 1. The molecule has 0 saturated carbocycles. The zero-order chi connectivity index (χ0) is 16.8. The van der Waals surface area contributed by atoms with E-state index in [4.69, 9.17) is 9.72 Å². The van der Waals surface area contributed by atoms with Gasteiger partial charge in [0.2, 0.25) is 0 Å². The van der Waals surface area contributed by atoms with Crippen LogP contribution in [0, 0.1) is 13.8 Å². The molecule has 0 fully saturated rings. The van der Waals surface area contributed by atoms with Gasteiger partial charge in [0.1, 0.15) is 10.7 Å². The Hall–Kier alpha value is -2.66. The Morgan fingerprint density at radius 2 is 1.88 bits per heavy atom. The first-order chi connectivity index (χ1) is 11.6. The molecule has 0 spiro atoms. The number of H-pyrrole nitrogens is 1. The maximum atomic E-state index is 12.3. The third-order valence-corrected chi connectivity index (χ3v) is 5.32. The van der Waals surface area contributed by atoms with Crippen LogP contribution in [0.1, 0.15) is 21.6 Å². The molecule has 24 heavy (non-hydrogen) atoms. The molecular weight excluding hydrogens is 320 g/mol. The van der Waals surface area contributed by atoms with E-state index < -0.39 is 0 Å². The maximum absolute atomic E-state index is 12.3. The summed E-state index contributed by atoms with van der Waals surface area (Å²) in [5.41, 5.74) is 5.39. The molecule has 0 aliphatic heterocycles. The lowest BCUT2D eigenvalue weighted by atomic mass is 10.0. The lowest BCUT2D eigenvalue weighted by Crippen LogP contribution is -2.03. The van der Waals surface area contributed by atoms with E-state index in [1.807, 2.05) is 38.1 Å². The number of aryl methyl sites for hydroxylation is 2. The summed E-state index contributed by atoms with van der Waals surface area (Å²) in [6, 6.07) is 12.1. The van der Waals surface area contributed by atoms with Gasteiger partial charge >= 0.3 is 5.97 Å². The minimum Gasteiger partial charge on any atom is -0.464 e. The number of ether oxygens (including phenoxy) is 1. The van der Waals surface area contributed by atoms with Crippen molar-refractivity contribution in [2.24, 2.45) is 0 Å². The van der Waals surface area contributed by atoms with Gasteiger partial charge in [0.25, 0.3) is 0 Å². The lowest BCUT2D eigenvalue weighted by Gasteiger charge is -2.03. The van der Waals surface area contributed by atoms with E-state index in [9.17, 15) is 4.79 Å². The van der Waals surface area contributed by atoms with Crippen LogP contribution in [0.5, 0.6) is 0 Å². The Balaban J connectivity index is 2.12. The van der Waals surface area contributed by atoms with Crippen molar-refractivity contribution in [2.45, 2.75) is 13.8 Å². The van der Waals surface area contributed by atoms with Crippen molar-refractivity contribution >= 4 is 38.4 Å². The molecule has 1 N–H and O–H groups in total. The molecule has 0 aliphatic carbocycles. The van der Waals surface area contributed by atoms with E-state index in [0.29, 0.717) is 5.69 Å². The number of methoxy groups -OCH3 is 1. The van der Waals surface area contributed by atoms with Gasteiger partial charge in [-0.1, -0.05) is 24.3 Å². The molecule has 0 saturated heterocycles. The summed E-state index contributed by atoms with van der Waals surface area (Å²) < 4.78 is 6.09. The maximum Gasteiger partial charge on any atom is 0.355 e. The van der Waals surface area contributed by atoms with Crippen molar-refractivity contribution in [2.75, 3.05) is 7.11 Å². The minimum atomic E-state index is -0.376. The van der Waals surface area contributed by atoms with Gasteiger partial charge in [-0.2, -0.15) is 0 Å². The van der Waals surface area contributed by atoms with Crippen molar-refractivity contribution < 1.29 is 9.53 Å². The number of hydrogen-bond acceptors (Lipinski definition) is 4. The summed E-state index contributed by atoms with van der Waals surface area (Å²) in [5.74, 6) is -0.376. The largest absolute Gasteiger partial charge is 0.464 e. The van der Waals surface area contributed by atoms with E-state index in [-0.39, 0.29) is 5.97 Å². The van der Waals surface area contributed by atoms with Gasteiger partial charge in [-0.3, -0.25) is 0 Å². The van der Waals surface area contributed by atoms with Crippen molar-refractivity contribution in [1.29, 1.82) is 0 Å². The molecule has 120 valence electrons. The zero-order valence-electron chi connectivity index (χ0n) is 13.6. The molecule has 0 atom stereocenters. The van der Waals surface area contributed by atoms with E-state index >= 15 is 0 Å². The number of aromatic amines is 1. The van der Waals surface area contributed by atoms with Crippen LogP contribution in [0.2, 0.25) is 0 Å². The van der Waals surface area contributed by atoms with Crippen molar-refractivity contribution in [3.05, 3.63) is 53.2 Å². The molecule has 0 radical (unpaired) electrons. The average Bonchev–Trinajstić information content (AvgIpc) is 3.19. The Morgan fingerprint density at radius 1 is 1.12 bits per heavy atom. The normalized spacial score (nSPS) is 11.3. The number of benzene rings is 2. The summed E-state index contributed by atoms with van der Waals surface area (Å²) in [6.07, 6.45) is 0. The standard InChI is InChI=1S/C19H16N2O2S/c1-10-8-9-11(2)16-14(10)15(17(21-16)19(22)23-3)18-20-12-6-4-5-7-13(12)24-18/h4-9,21H,1-3H3. The summed E-state index contributed by atoms with van der Waals surface area (Å²) in [4.78, 5) is 20.3. The predicted molar refractivity (Wildman–Crippen MR) is 97.7 cm³/mol. The van der Waals surface area contributed by atoms with Crippen LogP contribution in [0.3, 0.4) is 0 Å². The number of esters is 1. The van der Waals surface area contributed by atoms with Gasteiger partial charge in [-0.25, -0.2) is 9.78 Å². The highest BCUT2D eigenvalue weighted by Gasteiger charge is 2.24. The smallest absolute Gasteiger partial charge is 0.355 e. The van der Waals surface area contributed by atoms with E-state index in [1.165, 1.54) is 7.11 Å². The minimum absolute atomic E-state index is 0.376. The molecule has 2 heterocycles. The summed E-state index contributed by atoms with van der Waals surface area (Å²) >= 11 is 1.59. The Bertz CT molecular complexity index is 1060. The number of para-hydroxylation sites is 1. The highest BCUT2D eigenvalue weighted by Crippen LogP contribution is 2.39. The number of thiazole rings is 1. The predicted octanol–water partition coefficient (Wildman–Crippen LogP) is 4.85. The molecule has 0 bridgehead atoms. The van der Waals surface area contributed by atoms with Crippen LogP contribution < -0.4 is 0 Å². The summed E-state index contributed by atoms with van der Waals surface area (Å²) in [7, 11) is 1.40. The number of aromatic nitrogens is 2. The highest BCUT2D eigenvalue weighted by atomic mass is 32.1. The first kappa shape index (κ1) is 14.9. The van der Waals surface area contributed by atoms with E-state index in [1.54, 1.807) is 11.3 Å². The summed E-state index contributed by atoms with van der Waals surface area (Å²) in [5, 5.41) is 1.87. The SMILES string of the molecule is COC(=O)c1[nH]c2c(C)ccc(C)c2c1-c1nc2ccccc2s1. The molecule has 2 aromatic carbocycles. The van der Waals surface area contributed by atoms with Gasteiger partial charge in [0.15, 0.2) is 0 Å². The number of fused-ring (bicyclic) bond motifs is 2. The summed E-state index contributed by atoms with van der Waals surface area (Å²) in [6.45, 7) is 4.08. The fraction of sp³-hybridized carbons (Fsp3) is 0.158. The molecule has 0 amide bonds. The Labute approximate surface area is 143 Å². The number of nitrogens with zero attached hydrogens (tertiary/aromatic N) is 1. The first-order valence-corrected chi connectivity index (χ1v) is 8.48. The van der Waals surface area contributed by atoms with Crippen molar-refractivity contribution in [1.82, 2.24) is 9.97 Å². The molecule has 0 unspecified atom stereocenters. The molecule has 2 aromatic heterocycles. The quantitative estimate of drug-likeness (QED) is 0.532. The Morgan fingerprint density at radius 3 is 2.62 bits per heavy atom. The number of carbonyl (C=O) groups excluding carboxylic acids is 1. The first-order valence-electron chi connectivity index (χ1n) is 7.66. The van der Waals surface area contributed by atoms with E-state index in [2.05, 4.69) is 17.1 Å². The molecule has 4 aromatic rings. The molecule has 4 rings (SSSR count). The lowest BCUT2D eigenvalue weighted by molar-refractivity contribution is 0.0596. The second kappa shape index (κ2) is 5.46. The van der Waals surface area contributed by atoms with Gasteiger partial charge in [0, 0.05) is 10.9 Å². The fourth-order valence-electron chi connectivity index (χ4n) is 3.05. The topological polar surface area (TPSA) is 55.0 Å². The molecule has 5 heteroatoms. The Kier molecular flexibility index (Phi) is 3.39. The second-order valence-corrected chi connectivity index (χ2v) is 6.83. The zero-order valence-corrected chi connectivity index (χ0v) is 14.5. The van der Waals surface area contributed by atoms with Crippen LogP contribution in [-0.4, -0.2) is 23.0 Å². The average molecular weight is 336 g/mol. The highest BCUT2D eigenvalue weighted by molar-refractivity contribution is 7.21. The number of nitrogens with one attached hydrogen (secondary N) is 1. The second-order valence-electron chi connectivity index (χ2n) is 5.80.